The van der Waals surface area contributed by atoms with Gasteiger partial charge in [-0.15, -0.1) is 0 Å². The SMILES string of the molecule is CC(=O)c1ccc(OCc2ccc(C(=O)NCCn3nc([N+](=O)[O-])cc3C)o2)cc1. The molecule has 0 bridgehead atoms. The molecular formula is C20H20N4O6. The van der Waals surface area contributed by atoms with E-state index in [2.05, 4.69) is 10.4 Å². The molecule has 1 N–H and O–H groups in total. The highest BCUT2D eigenvalue weighted by molar-refractivity contribution is 5.94. The Morgan fingerprint density at radius 2 is 1.97 bits per heavy atom. The van der Waals surface area contributed by atoms with Crippen LogP contribution in [0, 0.1) is 17.0 Å². The van der Waals surface area contributed by atoms with E-state index in [-0.39, 0.29) is 30.5 Å². The van der Waals surface area contributed by atoms with Gasteiger partial charge in [-0.1, -0.05) is 0 Å². The van der Waals surface area contributed by atoms with Gasteiger partial charge in [-0.2, -0.15) is 4.68 Å². The molecule has 30 heavy (non-hydrogen) atoms. The number of nitro groups is 1. The third-order valence-electron chi connectivity index (χ3n) is 4.29. The summed E-state index contributed by atoms with van der Waals surface area (Å²) in [5.41, 5.74) is 1.23. The van der Waals surface area contributed by atoms with Crippen LogP contribution in [0.3, 0.4) is 0 Å². The highest BCUT2D eigenvalue weighted by atomic mass is 16.6. The number of nitrogens with one attached hydrogen (secondary N) is 1. The van der Waals surface area contributed by atoms with Crippen molar-refractivity contribution in [3.05, 3.63) is 75.4 Å². The molecule has 3 aromatic rings. The molecule has 0 radical (unpaired) electrons. The molecule has 10 heteroatoms. The van der Waals surface area contributed by atoms with E-state index < -0.39 is 10.8 Å². The Hall–Kier alpha value is -3.95. The predicted molar refractivity (Wildman–Crippen MR) is 105 cm³/mol. The van der Waals surface area contributed by atoms with Crippen LogP contribution < -0.4 is 10.1 Å². The third-order valence-corrected chi connectivity index (χ3v) is 4.29. The predicted octanol–water partition coefficient (Wildman–Crippen LogP) is 2.90. The Kier molecular flexibility index (Phi) is 6.26. The Labute approximate surface area is 171 Å². The number of hydrogen-bond donors (Lipinski definition) is 1. The van der Waals surface area contributed by atoms with Crippen LogP contribution in [-0.4, -0.2) is 32.9 Å². The van der Waals surface area contributed by atoms with Gasteiger partial charge in [-0.3, -0.25) is 9.59 Å². The number of ketones is 1. The van der Waals surface area contributed by atoms with Gasteiger partial charge >= 0.3 is 5.82 Å². The zero-order valence-corrected chi connectivity index (χ0v) is 16.5. The Balaban J connectivity index is 1.48. The number of hydrogen-bond acceptors (Lipinski definition) is 7. The summed E-state index contributed by atoms with van der Waals surface area (Å²) < 4.78 is 12.5. The van der Waals surface area contributed by atoms with Crippen molar-refractivity contribution in [2.45, 2.75) is 27.0 Å². The quantitative estimate of drug-likeness (QED) is 0.325. The summed E-state index contributed by atoms with van der Waals surface area (Å²) in [4.78, 5) is 33.7. The molecule has 2 aromatic heterocycles. The van der Waals surface area contributed by atoms with Crippen molar-refractivity contribution >= 4 is 17.5 Å². The second-order valence-corrected chi connectivity index (χ2v) is 6.52. The average molecular weight is 412 g/mol. The zero-order chi connectivity index (χ0) is 21.7. The first-order chi connectivity index (χ1) is 14.3. The number of ether oxygens (including phenoxy) is 1. The lowest BCUT2D eigenvalue weighted by Crippen LogP contribution is -2.27. The second-order valence-electron chi connectivity index (χ2n) is 6.52. The molecule has 0 saturated heterocycles. The number of rotatable bonds is 9. The summed E-state index contributed by atoms with van der Waals surface area (Å²) in [6, 6.07) is 11.3. The van der Waals surface area contributed by atoms with E-state index in [1.165, 1.54) is 23.7 Å². The Morgan fingerprint density at radius 3 is 2.60 bits per heavy atom. The normalized spacial score (nSPS) is 10.6. The molecule has 10 nitrogen and oxygen atoms in total. The van der Waals surface area contributed by atoms with E-state index in [4.69, 9.17) is 9.15 Å². The van der Waals surface area contributed by atoms with Gasteiger partial charge in [0.1, 0.15) is 18.1 Å². The van der Waals surface area contributed by atoms with Crippen LogP contribution >= 0.6 is 0 Å². The lowest BCUT2D eigenvalue weighted by Gasteiger charge is -2.05. The Morgan fingerprint density at radius 1 is 1.23 bits per heavy atom. The summed E-state index contributed by atoms with van der Waals surface area (Å²) in [6.07, 6.45) is 0. The molecule has 0 atom stereocenters. The fraction of sp³-hybridized carbons (Fsp3) is 0.250. The third kappa shape index (κ3) is 5.10. The van der Waals surface area contributed by atoms with Crippen LogP contribution in [0.25, 0.3) is 0 Å². The van der Waals surface area contributed by atoms with Crippen LogP contribution in [0.1, 0.15) is 39.3 Å². The minimum Gasteiger partial charge on any atom is -0.486 e. The molecule has 0 aliphatic carbocycles. The van der Waals surface area contributed by atoms with Gasteiger partial charge < -0.3 is 24.6 Å². The van der Waals surface area contributed by atoms with Crippen molar-refractivity contribution in [2.24, 2.45) is 0 Å². The van der Waals surface area contributed by atoms with Gasteiger partial charge in [-0.25, -0.2) is 0 Å². The van der Waals surface area contributed by atoms with Crippen LogP contribution in [0.2, 0.25) is 0 Å². The van der Waals surface area contributed by atoms with Gasteiger partial charge in [0.2, 0.25) is 0 Å². The number of aromatic nitrogens is 2. The lowest BCUT2D eigenvalue weighted by molar-refractivity contribution is -0.389. The molecule has 1 amide bonds. The number of nitrogens with zero attached hydrogens (tertiary/aromatic N) is 3. The number of carbonyl (C=O) groups excluding carboxylic acids is 2. The summed E-state index contributed by atoms with van der Waals surface area (Å²) >= 11 is 0. The Bertz CT molecular complexity index is 1070. The van der Waals surface area contributed by atoms with Gasteiger partial charge in [-0.05, 0) is 55.2 Å². The van der Waals surface area contributed by atoms with E-state index >= 15 is 0 Å². The van der Waals surface area contributed by atoms with Crippen molar-refractivity contribution in [1.82, 2.24) is 15.1 Å². The lowest BCUT2D eigenvalue weighted by atomic mass is 10.1. The van der Waals surface area contributed by atoms with Crippen LogP contribution in [0.4, 0.5) is 5.82 Å². The van der Waals surface area contributed by atoms with E-state index in [1.54, 1.807) is 37.3 Å². The number of amides is 1. The number of aryl methyl sites for hydroxylation is 1. The van der Waals surface area contributed by atoms with Crippen LogP contribution in [-0.2, 0) is 13.2 Å². The molecule has 156 valence electrons. The number of carbonyl (C=O) groups is 2. The smallest absolute Gasteiger partial charge is 0.390 e. The fourth-order valence-electron chi connectivity index (χ4n) is 2.69. The first-order valence-electron chi connectivity index (χ1n) is 9.13. The maximum atomic E-state index is 12.2. The van der Waals surface area contributed by atoms with Crippen molar-refractivity contribution < 1.29 is 23.7 Å². The standard InChI is InChI=1S/C20H20N4O6/c1-13-11-19(24(27)28)22-23(13)10-9-21-20(26)18-8-7-17(30-18)12-29-16-5-3-15(4-6-16)14(2)25/h3-8,11H,9-10,12H2,1-2H3,(H,21,26). The molecular weight excluding hydrogens is 392 g/mol. The second kappa shape index (κ2) is 9.03. The molecule has 0 spiro atoms. The molecule has 2 heterocycles. The molecule has 0 aliphatic rings. The largest absolute Gasteiger partial charge is 0.486 e. The van der Waals surface area contributed by atoms with Crippen molar-refractivity contribution in [3.63, 3.8) is 0 Å². The van der Waals surface area contributed by atoms with Crippen molar-refractivity contribution in [3.8, 4) is 5.75 Å². The summed E-state index contributed by atoms with van der Waals surface area (Å²) in [5, 5.41) is 17.3. The summed E-state index contributed by atoms with van der Waals surface area (Å²) in [5.74, 6) is 0.505. The minimum absolute atomic E-state index is 0.0239. The fourth-order valence-corrected chi connectivity index (χ4v) is 2.69. The number of benzene rings is 1. The molecule has 0 fully saturated rings. The van der Waals surface area contributed by atoms with Crippen LogP contribution in [0.5, 0.6) is 5.75 Å². The maximum Gasteiger partial charge on any atom is 0.390 e. The van der Waals surface area contributed by atoms with Gasteiger partial charge in [0, 0.05) is 12.1 Å². The maximum absolute atomic E-state index is 12.2. The first kappa shape index (κ1) is 20.8. The molecule has 0 unspecified atom stereocenters. The number of furan rings is 1. The first-order valence-corrected chi connectivity index (χ1v) is 9.13. The van der Waals surface area contributed by atoms with Gasteiger partial charge in [0.15, 0.2) is 11.5 Å². The highest BCUT2D eigenvalue weighted by Crippen LogP contribution is 2.16. The average Bonchev–Trinajstić information content (AvgIpc) is 3.34. The summed E-state index contributed by atoms with van der Waals surface area (Å²) in [6.45, 7) is 3.84. The number of Topliss-reactive ketones (excluding diaryl/α,β-unsaturated/α-hetero) is 1. The topological polar surface area (TPSA) is 130 Å². The molecule has 3 rings (SSSR count). The van der Waals surface area contributed by atoms with E-state index in [9.17, 15) is 19.7 Å². The van der Waals surface area contributed by atoms with Gasteiger partial charge in [0.25, 0.3) is 5.91 Å². The minimum atomic E-state index is -0.563. The van der Waals surface area contributed by atoms with E-state index in [1.807, 2.05) is 0 Å². The highest BCUT2D eigenvalue weighted by Gasteiger charge is 2.16. The zero-order valence-electron chi connectivity index (χ0n) is 16.5. The van der Waals surface area contributed by atoms with Crippen LogP contribution in [0.15, 0.2) is 46.9 Å². The molecule has 1 aromatic carbocycles. The van der Waals surface area contributed by atoms with Gasteiger partial charge in [0.05, 0.1) is 23.4 Å². The van der Waals surface area contributed by atoms with E-state index in [0.29, 0.717) is 29.3 Å². The molecule has 0 saturated carbocycles. The van der Waals surface area contributed by atoms with E-state index in [0.717, 1.165) is 0 Å². The van der Waals surface area contributed by atoms with Crippen molar-refractivity contribution in [1.29, 1.82) is 0 Å². The molecule has 0 aliphatic heterocycles. The van der Waals surface area contributed by atoms with Crippen molar-refractivity contribution in [2.75, 3.05) is 6.54 Å². The summed E-state index contributed by atoms with van der Waals surface area (Å²) in [7, 11) is 0. The monoisotopic (exact) mass is 412 g/mol.